The molecule has 2 aromatic rings. The number of carbonyl (C=O) groups is 1. The van der Waals surface area contributed by atoms with Crippen LogP contribution >= 0.6 is 0 Å². The van der Waals surface area contributed by atoms with Crippen LogP contribution in [-0.4, -0.2) is 43.4 Å². The number of aromatic nitrogens is 2. The van der Waals surface area contributed by atoms with E-state index in [1.54, 1.807) is 13.2 Å². The van der Waals surface area contributed by atoms with Crippen molar-refractivity contribution in [3.05, 3.63) is 41.5 Å². The number of aromatic amines is 1. The highest BCUT2D eigenvalue weighted by Crippen LogP contribution is 2.23. The van der Waals surface area contributed by atoms with Gasteiger partial charge in [-0.15, -0.1) is 0 Å². The standard InChI is InChI=1S/C14H18N4O4S/c1-9-7-16-13(17-9)8-18(2)14(19)11-6-10(23(15,20)21)4-5-12(11)22-3/h4-7H,8H2,1-3H3,(H,16,17)(H2,15,20,21). The second kappa shape index (κ2) is 6.39. The van der Waals surface area contributed by atoms with Crippen molar-refractivity contribution in [3.63, 3.8) is 0 Å². The number of primary sulfonamides is 1. The summed E-state index contributed by atoms with van der Waals surface area (Å²) in [5, 5.41) is 5.11. The maximum Gasteiger partial charge on any atom is 0.257 e. The van der Waals surface area contributed by atoms with Crippen molar-refractivity contribution in [3.8, 4) is 5.75 Å². The molecule has 0 saturated carbocycles. The average Bonchev–Trinajstić information content (AvgIpc) is 2.89. The third-order valence-corrected chi connectivity index (χ3v) is 4.13. The molecule has 0 spiro atoms. The Morgan fingerprint density at radius 3 is 2.65 bits per heavy atom. The van der Waals surface area contributed by atoms with Crippen molar-refractivity contribution in [2.75, 3.05) is 14.2 Å². The molecule has 1 amide bonds. The molecule has 0 aliphatic rings. The number of ether oxygens (including phenoxy) is 1. The van der Waals surface area contributed by atoms with E-state index in [0.717, 1.165) is 5.69 Å². The molecule has 23 heavy (non-hydrogen) atoms. The summed E-state index contributed by atoms with van der Waals surface area (Å²) in [6.45, 7) is 2.10. The van der Waals surface area contributed by atoms with Crippen LogP contribution in [0, 0.1) is 6.92 Å². The van der Waals surface area contributed by atoms with E-state index in [4.69, 9.17) is 9.88 Å². The number of methoxy groups -OCH3 is 1. The minimum absolute atomic E-state index is 0.116. The monoisotopic (exact) mass is 338 g/mol. The molecule has 9 heteroatoms. The Morgan fingerprint density at radius 1 is 1.43 bits per heavy atom. The first-order chi connectivity index (χ1) is 10.7. The highest BCUT2D eigenvalue weighted by Gasteiger charge is 2.20. The van der Waals surface area contributed by atoms with Gasteiger partial charge in [0.2, 0.25) is 10.0 Å². The van der Waals surface area contributed by atoms with Gasteiger partial charge in [-0.25, -0.2) is 18.5 Å². The van der Waals surface area contributed by atoms with E-state index in [0.29, 0.717) is 5.82 Å². The summed E-state index contributed by atoms with van der Waals surface area (Å²) in [4.78, 5) is 21.0. The molecule has 2 rings (SSSR count). The lowest BCUT2D eigenvalue weighted by molar-refractivity contribution is 0.0778. The summed E-state index contributed by atoms with van der Waals surface area (Å²) in [6.07, 6.45) is 1.66. The lowest BCUT2D eigenvalue weighted by atomic mass is 10.1. The molecule has 0 radical (unpaired) electrons. The van der Waals surface area contributed by atoms with E-state index in [2.05, 4.69) is 9.97 Å². The normalized spacial score (nSPS) is 11.3. The Labute approximate surface area is 134 Å². The van der Waals surface area contributed by atoms with Gasteiger partial charge in [0.25, 0.3) is 5.91 Å². The van der Waals surface area contributed by atoms with Gasteiger partial charge in [0.1, 0.15) is 11.6 Å². The lowest BCUT2D eigenvalue weighted by Crippen LogP contribution is -2.27. The summed E-state index contributed by atoms with van der Waals surface area (Å²) in [6, 6.07) is 3.90. The molecule has 0 atom stereocenters. The van der Waals surface area contributed by atoms with Crippen LogP contribution in [0.4, 0.5) is 0 Å². The van der Waals surface area contributed by atoms with E-state index < -0.39 is 15.9 Å². The zero-order chi connectivity index (χ0) is 17.2. The van der Waals surface area contributed by atoms with Crippen molar-refractivity contribution in [2.24, 2.45) is 5.14 Å². The van der Waals surface area contributed by atoms with Gasteiger partial charge in [0, 0.05) is 18.9 Å². The lowest BCUT2D eigenvalue weighted by Gasteiger charge is -2.18. The van der Waals surface area contributed by atoms with E-state index in [1.165, 1.54) is 30.2 Å². The largest absolute Gasteiger partial charge is 0.496 e. The van der Waals surface area contributed by atoms with Gasteiger partial charge >= 0.3 is 0 Å². The van der Waals surface area contributed by atoms with Crippen LogP contribution in [0.15, 0.2) is 29.3 Å². The van der Waals surface area contributed by atoms with Crippen molar-refractivity contribution in [2.45, 2.75) is 18.4 Å². The third-order valence-electron chi connectivity index (χ3n) is 3.22. The summed E-state index contributed by atoms with van der Waals surface area (Å²) in [5.74, 6) is 0.492. The molecule has 0 aliphatic carbocycles. The van der Waals surface area contributed by atoms with Crippen molar-refractivity contribution in [1.29, 1.82) is 0 Å². The number of sulfonamides is 1. The van der Waals surface area contributed by atoms with Gasteiger partial charge in [-0.2, -0.15) is 0 Å². The zero-order valence-corrected chi connectivity index (χ0v) is 13.8. The van der Waals surface area contributed by atoms with E-state index >= 15 is 0 Å². The number of H-pyrrole nitrogens is 1. The van der Waals surface area contributed by atoms with E-state index in [9.17, 15) is 13.2 Å². The number of nitrogens with two attached hydrogens (primary N) is 1. The van der Waals surface area contributed by atoms with Gasteiger partial charge in [-0.1, -0.05) is 0 Å². The molecular formula is C14H18N4O4S. The fourth-order valence-electron chi connectivity index (χ4n) is 2.08. The van der Waals surface area contributed by atoms with Crippen LogP contribution in [-0.2, 0) is 16.6 Å². The van der Waals surface area contributed by atoms with Crippen LogP contribution in [0.25, 0.3) is 0 Å². The van der Waals surface area contributed by atoms with Gasteiger partial charge in [-0.05, 0) is 25.1 Å². The van der Waals surface area contributed by atoms with Crippen molar-refractivity contribution >= 4 is 15.9 Å². The first-order valence-electron chi connectivity index (χ1n) is 6.69. The minimum Gasteiger partial charge on any atom is -0.496 e. The fraction of sp³-hybridized carbons (Fsp3) is 0.286. The first-order valence-corrected chi connectivity index (χ1v) is 8.24. The van der Waals surface area contributed by atoms with Crippen LogP contribution in [0.5, 0.6) is 5.75 Å². The Balaban J connectivity index is 2.33. The molecule has 0 aliphatic heterocycles. The number of aryl methyl sites for hydroxylation is 1. The van der Waals surface area contributed by atoms with Crippen molar-refractivity contribution < 1.29 is 17.9 Å². The number of hydrogen-bond donors (Lipinski definition) is 2. The maximum atomic E-state index is 12.6. The molecule has 0 saturated heterocycles. The summed E-state index contributed by atoms with van der Waals surface area (Å²) < 4.78 is 28.1. The highest BCUT2D eigenvalue weighted by atomic mass is 32.2. The van der Waals surface area contributed by atoms with Gasteiger partial charge in [-0.3, -0.25) is 4.79 Å². The number of nitrogens with one attached hydrogen (secondary N) is 1. The summed E-state index contributed by atoms with van der Waals surface area (Å²) in [5.41, 5.74) is 0.999. The second-order valence-corrected chi connectivity index (χ2v) is 6.64. The van der Waals surface area contributed by atoms with Crippen molar-refractivity contribution in [1.82, 2.24) is 14.9 Å². The minimum atomic E-state index is -3.91. The number of carbonyl (C=O) groups excluding carboxylic acids is 1. The fourth-order valence-corrected chi connectivity index (χ4v) is 2.62. The average molecular weight is 338 g/mol. The van der Waals surface area contributed by atoms with Gasteiger partial charge in [0.15, 0.2) is 0 Å². The Morgan fingerprint density at radius 2 is 2.13 bits per heavy atom. The molecule has 0 bridgehead atoms. The number of benzene rings is 1. The maximum absolute atomic E-state index is 12.6. The van der Waals surface area contributed by atoms with Crippen LogP contribution in [0.2, 0.25) is 0 Å². The molecule has 8 nitrogen and oxygen atoms in total. The summed E-state index contributed by atoms with van der Waals surface area (Å²) >= 11 is 0. The smallest absolute Gasteiger partial charge is 0.257 e. The molecule has 0 fully saturated rings. The molecule has 124 valence electrons. The van der Waals surface area contributed by atoms with Gasteiger partial charge < -0.3 is 14.6 Å². The first kappa shape index (κ1) is 17.0. The Hall–Kier alpha value is -2.39. The van der Waals surface area contributed by atoms with Gasteiger partial charge in [0.05, 0.1) is 24.1 Å². The quantitative estimate of drug-likeness (QED) is 0.829. The molecule has 3 N–H and O–H groups in total. The molecule has 1 aromatic carbocycles. The number of amides is 1. The predicted molar refractivity (Wildman–Crippen MR) is 83.5 cm³/mol. The predicted octanol–water partition coefficient (Wildman–Crippen LogP) is 0.646. The molecular weight excluding hydrogens is 320 g/mol. The Bertz CT molecular complexity index is 829. The molecule has 0 unspecified atom stereocenters. The number of hydrogen-bond acceptors (Lipinski definition) is 5. The van der Waals surface area contributed by atoms with Crippen LogP contribution in [0.3, 0.4) is 0 Å². The summed E-state index contributed by atoms with van der Waals surface area (Å²) in [7, 11) is -0.922. The topological polar surface area (TPSA) is 118 Å². The third kappa shape index (κ3) is 3.88. The second-order valence-electron chi connectivity index (χ2n) is 5.08. The SMILES string of the molecule is COc1ccc(S(N)(=O)=O)cc1C(=O)N(C)Cc1ncc(C)[nH]1. The highest BCUT2D eigenvalue weighted by molar-refractivity contribution is 7.89. The zero-order valence-electron chi connectivity index (χ0n) is 13.0. The van der Waals surface area contributed by atoms with Crippen LogP contribution in [0.1, 0.15) is 21.9 Å². The van der Waals surface area contributed by atoms with E-state index in [1.807, 2.05) is 6.92 Å². The molecule has 1 heterocycles. The number of rotatable bonds is 5. The number of imidazole rings is 1. The van der Waals surface area contributed by atoms with E-state index in [-0.39, 0.29) is 22.8 Å². The number of nitrogens with zero attached hydrogens (tertiary/aromatic N) is 2. The Kier molecular flexibility index (Phi) is 4.71. The molecule has 1 aromatic heterocycles. The van der Waals surface area contributed by atoms with Crippen LogP contribution < -0.4 is 9.88 Å².